The second-order valence-corrected chi connectivity index (χ2v) is 7.36. The number of urea groups is 1. The van der Waals surface area contributed by atoms with E-state index in [4.69, 9.17) is 4.74 Å². The van der Waals surface area contributed by atoms with E-state index in [9.17, 15) is 9.59 Å². The third-order valence-electron chi connectivity index (χ3n) is 4.67. The number of nitrogens with zero attached hydrogens (tertiary/aromatic N) is 1. The lowest BCUT2D eigenvalue weighted by Gasteiger charge is -2.32. The van der Waals surface area contributed by atoms with Gasteiger partial charge in [0.25, 0.3) is 0 Å². The van der Waals surface area contributed by atoms with Crippen molar-refractivity contribution >= 4 is 12.0 Å². The lowest BCUT2D eigenvalue weighted by Crippen LogP contribution is -2.52. The van der Waals surface area contributed by atoms with Crippen molar-refractivity contribution in [1.82, 2.24) is 15.5 Å². The summed E-state index contributed by atoms with van der Waals surface area (Å²) < 4.78 is 4.79. The van der Waals surface area contributed by atoms with Crippen LogP contribution in [0.3, 0.4) is 0 Å². The van der Waals surface area contributed by atoms with E-state index in [-0.39, 0.29) is 12.1 Å². The van der Waals surface area contributed by atoms with Crippen molar-refractivity contribution in [2.24, 2.45) is 5.92 Å². The molecule has 1 atom stereocenters. The molecule has 0 aliphatic carbocycles. The van der Waals surface area contributed by atoms with Crippen LogP contribution in [0.1, 0.15) is 38.7 Å². The van der Waals surface area contributed by atoms with E-state index in [1.54, 1.807) is 0 Å². The Morgan fingerprint density at radius 1 is 1.19 bits per heavy atom. The average molecular weight is 361 g/mol. The van der Waals surface area contributed by atoms with Crippen molar-refractivity contribution in [2.45, 2.75) is 51.7 Å². The molecule has 1 unspecified atom stereocenters. The van der Waals surface area contributed by atoms with Crippen LogP contribution in [0.4, 0.5) is 4.79 Å². The number of rotatable bonds is 7. The van der Waals surface area contributed by atoms with E-state index >= 15 is 0 Å². The number of nitrogens with one attached hydrogen (secondary N) is 2. The number of carbonyl (C=O) groups is 2. The quantitative estimate of drug-likeness (QED) is 0.732. The van der Waals surface area contributed by atoms with Gasteiger partial charge in [0.2, 0.25) is 0 Å². The Morgan fingerprint density at radius 2 is 1.85 bits per heavy atom. The van der Waals surface area contributed by atoms with Crippen molar-refractivity contribution in [3.63, 3.8) is 0 Å². The third kappa shape index (κ3) is 6.67. The topological polar surface area (TPSA) is 70.7 Å². The first kappa shape index (κ1) is 20.2. The van der Waals surface area contributed by atoms with Gasteiger partial charge < -0.3 is 15.4 Å². The fraction of sp³-hybridized carbons (Fsp3) is 0.600. The summed E-state index contributed by atoms with van der Waals surface area (Å²) in [5.74, 6) is -0.104. The number of ether oxygens (including phenoxy) is 1. The number of benzene rings is 1. The molecule has 0 saturated carbocycles. The van der Waals surface area contributed by atoms with Crippen LogP contribution in [-0.2, 0) is 16.1 Å². The van der Waals surface area contributed by atoms with Crippen LogP contribution in [0.25, 0.3) is 0 Å². The van der Waals surface area contributed by atoms with Crippen LogP contribution in [0.2, 0.25) is 0 Å². The van der Waals surface area contributed by atoms with Gasteiger partial charge in [0.05, 0.1) is 7.11 Å². The standard InChI is InChI=1S/C20H31N3O3/c1-15(2)13-18(19(24)26-3)22-20(25)21-17-9-11-23(12-10-17)14-16-7-5-4-6-8-16/h4-8,15,17-18H,9-14H2,1-3H3,(H2,21,22,25). The zero-order valence-electron chi connectivity index (χ0n) is 16.0. The molecule has 1 fully saturated rings. The number of carbonyl (C=O) groups excluding carboxylic acids is 2. The molecular weight excluding hydrogens is 330 g/mol. The Kier molecular flexibility index (Phi) is 7.91. The van der Waals surface area contributed by atoms with Gasteiger partial charge in [-0.2, -0.15) is 0 Å². The maximum Gasteiger partial charge on any atom is 0.328 e. The zero-order chi connectivity index (χ0) is 18.9. The van der Waals surface area contributed by atoms with Crippen molar-refractivity contribution in [2.75, 3.05) is 20.2 Å². The van der Waals surface area contributed by atoms with Gasteiger partial charge in [0.15, 0.2) is 0 Å². The first-order chi connectivity index (χ1) is 12.5. The van der Waals surface area contributed by atoms with E-state index in [1.165, 1.54) is 12.7 Å². The summed E-state index contributed by atoms with van der Waals surface area (Å²) in [5, 5.41) is 5.76. The van der Waals surface area contributed by atoms with Crippen molar-refractivity contribution < 1.29 is 14.3 Å². The van der Waals surface area contributed by atoms with Gasteiger partial charge in [-0.15, -0.1) is 0 Å². The minimum absolute atomic E-state index is 0.138. The number of esters is 1. The van der Waals surface area contributed by atoms with Crippen molar-refractivity contribution in [1.29, 1.82) is 0 Å². The summed E-state index contributed by atoms with van der Waals surface area (Å²) in [6.45, 7) is 6.87. The molecule has 144 valence electrons. The highest BCUT2D eigenvalue weighted by molar-refractivity contribution is 5.83. The first-order valence-electron chi connectivity index (χ1n) is 9.39. The molecule has 6 heteroatoms. The first-order valence-corrected chi connectivity index (χ1v) is 9.39. The van der Waals surface area contributed by atoms with Crippen LogP contribution in [0, 0.1) is 5.92 Å². The lowest BCUT2D eigenvalue weighted by atomic mass is 10.0. The predicted octanol–water partition coefficient (Wildman–Crippen LogP) is 2.54. The maximum absolute atomic E-state index is 12.3. The molecule has 1 aliphatic heterocycles. The van der Waals surface area contributed by atoms with Gasteiger partial charge in [-0.25, -0.2) is 9.59 Å². The Hall–Kier alpha value is -2.08. The van der Waals surface area contributed by atoms with Gasteiger partial charge in [-0.05, 0) is 30.7 Å². The Balaban J connectivity index is 1.75. The van der Waals surface area contributed by atoms with Gasteiger partial charge in [0.1, 0.15) is 6.04 Å². The molecule has 1 aromatic carbocycles. The molecule has 0 radical (unpaired) electrons. The van der Waals surface area contributed by atoms with Crippen LogP contribution in [0.5, 0.6) is 0 Å². The average Bonchev–Trinajstić information content (AvgIpc) is 2.62. The molecule has 1 aliphatic rings. The molecule has 26 heavy (non-hydrogen) atoms. The van der Waals surface area contributed by atoms with Crippen LogP contribution >= 0.6 is 0 Å². The SMILES string of the molecule is COC(=O)C(CC(C)C)NC(=O)NC1CCN(Cc2ccccc2)CC1. The molecule has 2 rings (SSSR count). The maximum atomic E-state index is 12.3. The lowest BCUT2D eigenvalue weighted by molar-refractivity contribution is -0.143. The van der Waals surface area contributed by atoms with Crippen molar-refractivity contribution in [3.8, 4) is 0 Å². The van der Waals surface area contributed by atoms with Gasteiger partial charge in [-0.3, -0.25) is 4.90 Å². The number of hydrogen-bond acceptors (Lipinski definition) is 4. The summed E-state index contributed by atoms with van der Waals surface area (Å²) >= 11 is 0. The van der Waals surface area contributed by atoms with E-state index < -0.39 is 12.0 Å². The molecular formula is C20H31N3O3. The Morgan fingerprint density at radius 3 is 2.42 bits per heavy atom. The van der Waals surface area contributed by atoms with Gasteiger partial charge in [0, 0.05) is 25.7 Å². The Labute approximate surface area is 156 Å². The second kappa shape index (κ2) is 10.2. The van der Waals surface area contributed by atoms with Gasteiger partial charge >= 0.3 is 12.0 Å². The predicted molar refractivity (Wildman–Crippen MR) is 102 cm³/mol. The monoisotopic (exact) mass is 361 g/mol. The number of methoxy groups -OCH3 is 1. The minimum atomic E-state index is -0.599. The molecule has 1 heterocycles. The molecule has 0 bridgehead atoms. The summed E-state index contributed by atoms with van der Waals surface area (Å²) in [5.41, 5.74) is 1.31. The highest BCUT2D eigenvalue weighted by Gasteiger charge is 2.25. The number of piperidine rings is 1. The molecule has 2 amide bonds. The fourth-order valence-electron chi connectivity index (χ4n) is 3.29. The highest BCUT2D eigenvalue weighted by Crippen LogP contribution is 2.14. The molecule has 0 spiro atoms. The minimum Gasteiger partial charge on any atom is -0.467 e. The fourth-order valence-corrected chi connectivity index (χ4v) is 3.29. The zero-order valence-corrected chi connectivity index (χ0v) is 16.0. The van der Waals surface area contributed by atoms with Crippen molar-refractivity contribution in [3.05, 3.63) is 35.9 Å². The van der Waals surface area contributed by atoms with E-state index in [1.807, 2.05) is 19.9 Å². The molecule has 6 nitrogen and oxygen atoms in total. The third-order valence-corrected chi connectivity index (χ3v) is 4.67. The summed E-state index contributed by atoms with van der Waals surface area (Å²) in [6.07, 6.45) is 2.39. The summed E-state index contributed by atoms with van der Waals surface area (Å²) in [4.78, 5) is 26.5. The van der Waals surface area contributed by atoms with E-state index in [2.05, 4.69) is 39.8 Å². The molecule has 1 saturated heterocycles. The summed E-state index contributed by atoms with van der Waals surface area (Å²) in [7, 11) is 1.34. The van der Waals surface area contributed by atoms with Gasteiger partial charge in [-0.1, -0.05) is 44.2 Å². The van der Waals surface area contributed by atoms with E-state index in [0.717, 1.165) is 32.5 Å². The number of likely N-dealkylation sites (tertiary alicyclic amines) is 1. The second-order valence-electron chi connectivity index (χ2n) is 7.36. The Bertz CT molecular complexity index is 569. The largest absolute Gasteiger partial charge is 0.467 e. The highest BCUT2D eigenvalue weighted by atomic mass is 16.5. The number of hydrogen-bond donors (Lipinski definition) is 2. The molecule has 0 aromatic heterocycles. The van der Waals surface area contributed by atoms with E-state index in [0.29, 0.717) is 12.3 Å². The molecule has 2 N–H and O–H groups in total. The van der Waals surface area contributed by atoms with Crippen LogP contribution < -0.4 is 10.6 Å². The van der Waals surface area contributed by atoms with Crippen LogP contribution in [-0.4, -0.2) is 49.2 Å². The van der Waals surface area contributed by atoms with Crippen LogP contribution in [0.15, 0.2) is 30.3 Å². The smallest absolute Gasteiger partial charge is 0.328 e. The summed E-state index contributed by atoms with van der Waals surface area (Å²) in [6, 6.07) is 9.67. The number of amides is 2. The normalized spacial score (nSPS) is 16.9. The molecule has 1 aromatic rings.